The van der Waals surface area contributed by atoms with E-state index in [2.05, 4.69) is 10.6 Å². The minimum absolute atomic E-state index is 0.101. The third-order valence-corrected chi connectivity index (χ3v) is 8.63. The molecule has 2 fully saturated rings. The molecule has 1 amide bonds. The number of nitrogens with one attached hydrogen (secondary N) is 2. The van der Waals surface area contributed by atoms with Crippen LogP contribution < -0.4 is 15.4 Å². The first kappa shape index (κ1) is 21.8. The van der Waals surface area contributed by atoms with Gasteiger partial charge in [-0.25, -0.2) is 8.42 Å². The molecule has 0 radical (unpaired) electrons. The van der Waals surface area contributed by atoms with E-state index >= 15 is 0 Å². The van der Waals surface area contributed by atoms with Gasteiger partial charge in [-0.1, -0.05) is 43.5 Å². The zero-order valence-corrected chi connectivity index (χ0v) is 18.5. The van der Waals surface area contributed by atoms with Crippen LogP contribution in [0, 0.1) is 5.92 Å². The van der Waals surface area contributed by atoms with Crippen LogP contribution in [0.1, 0.15) is 44.9 Å². The summed E-state index contributed by atoms with van der Waals surface area (Å²) in [5.41, 5.74) is 0. The molecule has 2 aromatic rings. The topological polar surface area (TPSA) is 84.5 Å². The molecule has 0 spiro atoms. The first-order valence-corrected chi connectivity index (χ1v) is 12.6. The fraction of sp³-hybridized carbons (Fsp3) is 0.458. The third kappa shape index (κ3) is 4.77. The second-order valence-corrected chi connectivity index (χ2v) is 10.8. The molecule has 31 heavy (non-hydrogen) atoms. The zero-order chi connectivity index (χ0) is 21.7. The summed E-state index contributed by atoms with van der Waals surface area (Å²) in [6.07, 6.45) is 5.92. The molecule has 1 saturated heterocycles. The number of hydrogen-bond acceptors (Lipinski definition) is 5. The van der Waals surface area contributed by atoms with Crippen LogP contribution in [-0.4, -0.2) is 32.3 Å². The highest BCUT2D eigenvalue weighted by atomic mass is 32.2. The van der Waals surface area contributed by atoms with Gasteiger partial charge in [0.05, 0.1) is 4.90 Å². The Kier molecular flexibility index (Phi) is 6.62. The molecule has 166 valence electrons. The Labute approximate surface area is 184 Å². The van der Waals surface area contributed by atoms with E-state index in [9.17, 15) is 13.2 Å². The van der Waals surface area contributed by atoms with Gasteiger partial charge in [-0.15, -0.1) is 0 Å². The minimum atomic E-state index is -3.85. The molecule has 2 aliphatic rings. The molecule has 4 rings (SSSR count). The summed E-state index contributed by atoms with van der Waals surface area (Å²) >= 11 is 0. The van der Waals surface area contributed by atoms with E-state index in [-0.39, 0.29) is 23.3 Å². The number of rotatable bonds is 6. The second-order valence-electron chi connectivity index (χ2n) is 8.49. The van der Waals surface area contributed by atoms with E-state index in [1.807, 2.05) is 30.3 Å². The smallest absolute Gasteiger partial charge is 0.224 e. The molecule has 1 heterocycles. The number of ether oxygens (including phenoxy) is 1. The summed E-state index contributed by atoms with van der Waals surface area (Å²) in [5, 5.41) is 6.17. The lowest BCUT2D eigenvalue weighted by atomic mass is 9.88. The van der Waals surface area contributed by atoms with Crippen molar-refractivity contribution in [3.63, 3.8) is 0 Å². The highest BCUT2D eigenvalue weighted by Crippen LogP contribution is 2.34. The molecule has 1 atom stereocenters. The molecule has 1 aliphatic heterocycles. The average Bonchev–Trinajstić information content (AvgIpc) is 2.81. The van der Waals surface area contributed by atoms with Crippen molar-refractivity contribution in [2.75, 3.05) is 13.1 Å². The summed E-state index contributed by atoms with van der Waals surface area (Å²) in [5.74, 6) is 0.848. The first-order valence-electron chi connectivity index (χ1n) is 11.1. The van der Waals surface area contributed by atoms with Crippen LogP contribution in [0.5, 0.6) is 11.5 Å². The SMILES string of the molecule is O=C(N[C@]1(S(=O)(=O)c2cccc(Oc3ccccc3)c2)CCCNC1)C1CCCCC1. The predicted octanol–water partition coefficient (Wildman–Crippen LogP) is 4.03. The van der Waals surface area contributed by atoms with Gasteiger partial charge in [-0.05, 0) is 62.6 Å². The van der Waals surface area contributed by atoms with Crippen LogP contribution in [0.15, 0.2) is 59.5 Å². The highest BCUT2D eigenvalue weighted by molar-refractivity contribution is 7.92. The molecular weight excluding hydrogens is 412 g/mol. The fourth-order valence-electron chi connectivity index (χ4n) is 4.53. The average molecular weight is 443 g/mol. The maximum absolute atomic E-state index is 13.8. The Morgan fingerprint density at radius 1 is 0.968 bits per heavy atom. The molecule has 0 bridgehead atoms. The lowest BCUT2D eigenvalue weighted by Crippen LogP contribution is -2.63. The Morgan fingerprint density at radius 3 is 2.42 bits per heavy atom. The molecule has 1 saturated carbocycles. The van der Waals surface area contributed by atoms with Crippen LogP contribution in [-0.2, 0) is 14.6 Å². The first-order chi connectivity index (χ1) is 15.0. The normalized spacial score (nSPS) is 22.6. The highest BCUT2D eigenvalue weighted by Gasteiger charge is 2.47. The van der Waals surface area contributed by atoms with Gasteiger partial charge in [0.2, 0.25) is 15.7 Å². The van der Waals surface area contributed by atoms with Gasteiger partial charge in [-0.3, -0.25) is 4.79 Å². The summed E-state index contributed by atoms with van der Waals surface area (Å²) in [6.45, 7) is 0.950. The number of sulfone groups is 1. The molecule has 0 aromatic heterocycles. The van der Waals surface area contributed by atoms with Gasteiger partial charge in [0.1, 0.15) is 11.5 Å². The van der Waals surface area contributed by atoms with Gasteiger partial charge >= 0.3 is 0 Å². The largest absolute Gasteiger partial charge is 0.457 e. The molecular formula is C24H30N2O4S. The predicted molar refractivity (Wildman–Crippen MR) is 120 cm³/mol. The molecule has 7 heteroatoms. The molecule has 6 nitrogen and oxygen atoms in total. The molecule has 0 unspecified atom stereocenters. The van der Waals surface area contributed by atoms with Gasteiger partial charge in [0.25, 0.3) is 0 Å². The van der Waals surface area contributed by atoms with Gasteiger partial charge in [0, 0.05) is 12.5 Å². The number of amides is 1. The van der Waals surface area contributed by atoms with Crippen molar-refractivity contribution in [1.29, 1.82) is 0 Å². The third-order valence-electron chi connectivity index (χ3n) is 6.28. The monoisotopic (exact) mass is 442 g/mol. The quantitative estimate of drug-likeness (QED) is 0.706. The summed E-state index contributed by atoms with van der Waals surface area (Å²) < 4.78 is 33.5. The van der Waals surface area contributed by atoms with E-state index < -0.39 is 14.7 Å². The number of carbonyl (C=O) groups is 1. The van der Waals surface area contributed by atoms with Crippen LogP contribution in [0.3, 0.4) is 0 Å². The van der Waals surface area contributed by atoms with Crippen molar-refractivity contribution in [2.24, 2.45) is 5.92 Å². The Hall–Kier alpha value is -2.38. The summed E-state index contributed by atoms with van der Waals surface area (Å²) in [4.78, 5) is 11.8. The number of carbonyl (C=O) groups excluding carboxylic acids is 1. The Balaban J connectivity index is 1.61. The van der Waals surface area contributed by atoms with E-state index in [1.54, 1.807) is 24.3 Å². The lowest BCUT2D eigenvalue weighted by molar-refractivity contribution is -0.127. The Bertz CT molecular complexity index is 995. The van der Waals surface area contributed by atoms with E-state index in [4.69, 9.17) is 4.74 Å². The second kappa shape index (κ2) is 9.40. The van der Waals surface area contributed by atoms with Crippen LogP contribution in [0.4, 0.5) is 0 Å². The van der Waals surface area contributed by atoms with Crippen molar-refractivity contribution < 1.29 is 17.9 Å². The fourth-order valence-corrected chi connectivity index (χ4v) is 6.45. The number of piperidine rings is 1. The van der Waals surface area contributed by atoms with E-state index in [0.717, 1.165) is 38.6 Å². The van der Waals surface area contributed by atoms with Gasteiger partial charge < -0.3 is 15.4 Å². The number of para-hydroxylation sites is 1. The van der Waals surface area contributed by atoms with Crippen LogP contribution in [0.2, 0.25) is 0 Å². The lowest BCUT2D eigenvalue weighted by Gasteiger charge is -2.39. The van der Waals surface area contributed by atoms with Crippen molar-refractivity contribution in [3.05, 3.63) is 54.6 Å². The van der Waals surface area contributed by atoms with Gasteiger partial charge in [-0.2, -0.15) is 0 Å². The number of benzene rings is 2. The summed E-state index contributed by atoms with van der Waals surface area (Å²) in [7, 11) is -3.85. The van der Waals surface area contributed by atoms with Crippen molar-refractivity contribution in [2.45, 2.75) is 54.7 Å². The van der Waals surface area contributed by atoms with Crippen molar-refractivity contribution >= 4 is 15.7 Å². The zero-order valence-electron chi connectivity index (χ0n) is 17.7. The number of hydrogen-bond donors (Lipinski definition) is 2. The van der Waals surface area contributed by atoms with Crippen molar-refractivity contribution in [3.8, 4) is 11.5 Å². The van der Waals surface area contributed by atoms with Crippen LogP contribution >= 0.6 is 0 Å². The Morgan fingerprint density at radius 2 is 1.71 bits per heavy atom. The van der Waals surface area contributed by atoms with Gasteiger partial charge in [0.15, 0.2) is 4.87 Å². The molecule has 2 aromatic carbocycles. The van der Waals surface area contributed by atoms with E-state index in [1.165, 1.54) is 0 Å². The van der Waals surface area contributed by atoms with Crippen molar-refractivity contribution in [1.82, 2.24) is 10.6 Å². The van der Waals surface area contributed by atoms with Crippen LogP contribution in [0.25, 0.3) is 0 Å². The summed E-state index contributed by atoms with van der Waals surface area (Å²) in [6, 6.07) is 15.8. The maximum atomic E-state index is 13.8. The minimum Gasteiger partial charge on any atom is -0.457 e. The standard InChI is InChI=1S/C24H30N2O4S/c27-23(19-9-3-1-4-10-19)26-24(15-8-16-25-18-24)31(28,29)22-14-7-13-21(17-22)30-20-11-5-2-6-12-20/h2,5-7,11-14,17,19,25H,1,3-4,8-10,15-16,18H2,(H,26,27)/t24-/m0/s1. The molecule has 2 N–H and O–H groups in total. The molecule has 1 aliphatic carbocycles. The van der Waals surface area contributed by atoms with E-state index in [0.29, 0.717) is 24.3 Å². The maximum Gasteiger partial charge on any atom is 0.224 e.